The van der Waals surface area contributed by atoms with Crippen LogP contribution in [-0.4, -0.2) is 44.4 Å². The summed E-state index contributed by atoms with van der Waals surface area (Å²) < 4.78 is 36.9. The molecule has 0 aliphatic rings. The summed E-state index contributed by atoms with van der Waals surface area (Å²) in [5.41, 5.74) is -0.372. The average Bonchev–Trinajstić information content (AvgIpc) is 3.32. The molecule has 0 atom stereocenters. The van der Waals surface area contributed by atoms with Crippen molar-refractivity contribution in [2.24, 2.45) is 0 Å². The van der Waals surface area contributed by atoms with Gasteiger partial charge in [0.05, 0.1) is 22.6 Å². The second kappa shape index (κ2) is 12.0. The van der Waals surface area contributed by atoms with Crippen LogP contribution in [0.3, 0.4) is 0 Å². The van der Waals surface area contributed by atoms with Crippen LogP contribution in [-0.2, 0) is 30.9 Å². The molecule has 1 aromatic carbocycles. The van der Waals surface area contributed by atoms with Gasteiger partial charge in [0, 0.05) is 12.1 Å². The highest BCUT2D eigenvalue weighted by Gasteiger charge is 2.22. The van der Waals surface area contributed by atoms with Gasteiger partial charge in [-0.1, -0.05) is 13.8 Å². The second-order valence-electron chi connectivity index (χ2n) is 6.94. The summed E-state index contributed by atoms with van der Waals surface area (Å²) in [4.78, 5) is 33.9. The van der Waals surface area contributed by atoms with E-state index in [1.165, 1.54) is 12.3 Å². The number of nitro groups is 1. The number of rotatable bonds is 13. The lowest BCUT2D eigenvalue weighted by atomic mass is 10.2. The molecular weight excluding hydrogens is 456 g/mol. The predicted octanol–water partition coefficient (Wildman–Crippen LogP) is 1.93. The summed E-state index contributed by atoms with van der Waals surface area (Å²) in [6, 6.07) is 6.58. The fourth-order valence-electron chi connectivity index (χ4n) is 2.77. The number of nitro benzene ring substituents is 1. The van der Waals surface area contributed by atoms with Gasteiger partial charge >= 0.3 is 5.97 Å². The molecule has 1 aromatic heterocycles. The Bertz CT molecular complexity index is 1070. The molecule has 2 aromatic rings. The molecule has 1 heterocycles. The molecule has 0 radical (unpaired) electrons. The number of esters is 1. The van der Waals surface area contributed by atoms with Gasteiger partial charge in [-0.25, -0.2) is 8.42 Å². The third-order valence-electron chi connectivity index (χ3n) is 4.63. The lowest BCUT2D eigenvalue weighted by Crippen LogP contribution is -2.38. The van der Waals surface area contributed by atoms with Gasteiger partial charge in [-0.2, -0.15) is 4.72 Å². The fourth-order valence-corrected chi connectivity index (χ4v) is 3.76. The Morgan fingerprint density at radius 1 is 1.21 bits per heavy atom. The van der Waals surface area contributed by atoms with E-state index in [0.29, 0.717) is 5.76 Å². The molecule has 3 N–H and O–H groups in total. The van der Waals surface area contributed by atoms with Crippen molar-refractivity contribution >= 4 is 33.3 Å². The minimum absolute atomic E-state index is 0.0398. The maximum atomic E-state index is 12.5. The number of hydrogen-bond acceptors (Lipinski definition) is 9. The molecule has 0 aliphatic heterocycles. The molecule has 0 saturated carbocycles. The summed E-state index contributed by atoms with van der Waals surface area (Å²) >= 11 is 0. The number of ether oxygens (including phenoxy) is 1. The Morgan fingerprint density at radius 2 is 1.94 bits per heavy atom. The van der Waals surface area contributed by atoms with Gasteiger partial charge in [-0.3, -0.25) is 19.7 Å². The molecule has 0 unspecified atom stereocenters. The van der Waals surface area contributed by atoms with E-state index in [1.54, 1.807) is 12.1 Å². The largest absolute Gasteiger partial charge is 0.467 e. The smallest absolute Gasteiger partial charge is 0.321 e. The van der Waals surface area contributed by atoms with Gasteiger partial charge in [0.1, 0.15) is 18.0 Å². The molecule has 180 valence electrons. The van der Waals surface area contributed by atoms with Crippen LogP contribution in [0, 0.1) is 10.1 Å². The monoisotopic (exact) mass is 482 g/mol. The van der Waals surface area contributed by atoms with Crippen LogP contribution in [0.2, 0.25) is 0 Å². The zero-order valence-electron chi connectivity index (χ0n) is 18.2. The Morgan fingerprint density at radius 3 is 2.55 bits per heavy atom. The first kappa shape index (κ1) is 25.8. The van der Waals surface area contributed by atoms with Gasteiger partial charge in [0.15, 0.2) is 6.61 Å². The number of furan rings is 1. The third kappa shape index (κ3) is 7.88. The lowest BCUT2D eigenvalue weighted by molar-refractivity contribution is -0.384. The number of nitrogens with zero attached hydrogens (tertiary/aromatic N) is 1. The molecular formula is C20H26N4O8S. The minimum Gasteiger partial charge on any atom is -0.467 e. The third-order valence-corrected chi connectivity index (χ3v) is 6.03. The molecule has 0 bridgehead atoms. The second-order valence-corrected chi connectivity index (χ2v) is 8.70. The van der Waals surface area contributed by atoms with Crippen LogP contribution >= 0.6 is 0 Å². The van der Waals surface area contributed by atoms with Crippen LogP contribution in [0.15, 0.2) is 45.9 Å². The van der Waals surface area contributed by atoms with Gasteiger partial charge in [0.25, 0.3) is 11.6 Å². The highest BCUT2D eigenvalue weighted by atomic mass is 32.2. The van der Waals surface area contributed by atoms with E-state index in [-0.39, 0.29) is 18.3 Å². The molecule has 12 nitrogen and oxygen atoms in total. The van der Waals surface area contributed by atoms with Crippen LogP contribution in [0.4, 0.5) is 11.4 Å². The molecule has 0 fully saturated rings. The van der Waals surface area contributed by atoms with Gasteiger partial charge in [-0.05, 0) is 37.1 Å². The van der Waals surface area contributed by atoms with E-state index in [1.807, 2.05) is 18.6 Å². The number of anilines is 1. The SMILES string of the molecule is CCC(CC)NC(=O)COC(=O)CNS(=O)(=O)c1ccc(NCc2ccco2)c([N+](=O)[O-])c1. The Hall–Kier alpha value is -3.45. The Balaban J connectivity index is 1.96. The number of carbonyl (C=O) groups is 2. The molecule has 1 amide bonds. The highest BCUT2D eigenvalue weighted by Crippen LogP contribution is 2.28. The van der Waals surface area contributed by atoms with Crippen molar-refractivity contribution in [3.05, 3.63) is 52.5 Å². The van der Waals surface area contributed by atoms with Gasteiger partial charge < -0.3 is 19.8 Å². The summed E-state index contributed by atoms with van der Waals surface area (Å²) in [5.74, 6) is -0.924. The predicted molar refractivity (Wildman–Crippen MR) is 118 cm³/mol. The minimum atomic E-state index is -4.25. The number of hydrogen-bond donors (Lipinski definition) is 3. The van der Waals surface area contributed by atoms with E-state index in [4.69, 9.17) is 9.15 Å². The van der Waals surface area contributed by atoms with Crippen molar-refractivity contribution in [1.82, 2.24) is 10.0 Å². The average molecular weight is 483 g/mol. The summed E-state index contributed by atoms with van der Waals surface area (Å²) in [7, 11) is -4.25. The zero-order chi connectivity index (χ0) is 24.4. The van der Waals surface area contributed by atoms with E-state index >= 15 is 0 Å². The molecule has 33 heavy (non-hydrogen) atoms. The standard InChI is InChI=1S/C20H26N4O8S/c1-3-14(4-2)23-19(25)13-32-20(26)12-22-33(29,30)16-7-8-17(18(10-16)24(27)28)21-11-15-6-5-9-31-15/h5-10,14,21-22H,3-4,11-13H2,1-2H3,(H,23,25). The maximum absolute atomic E-state index is 12.5. The van der Waals surface area contributed by atoms with Crippen molar-refractivity contribution in [1.29, 1.82) is 0 Å². The van der Waals surface area contributed by atoms with E-state index in [2.05, 4.69) is 10.6 Å². The van der Waals surface area contributed by atoms with E-state index in [0.717, 1.165) is 25.0 Å². The highest BCUT2D eigenvalue weighted by molar-refractivity contribution is 7.89. The normalized spacial score (nSPS) is 11.2. The topological polar surface area (TPSA) is 170 Å². The molecule has 0 saturated heterocycles. The molecule has 0 aliphatic carbocycles. The van der Waals surface area contributed by atoms with Crippen LogP contribution in [0.25, 0.3) is 0 Å². The first-order valence-corrected chi connectivity index (χ1v) is 11.6. The van der Waals surface area contributed by atoms with Crippen molar-refractivity contribution in [2.75, 3.05) is 18.5 Å². The van der Waals surface area contributed by atoms with Crippen molar-refractivity contribution < 1.29 is 32.1 Å². The van der Waals surface area contributed by atoms with Gasteiger partial charge in [-0.15, -0.1) is 0 Å². The zero-order valence-corrected chi connectivity index (χ0v) is 19.0. The van der Waals surface area contributed by atoms with Crippen molar-refractivity contribution in [3.63, 3.8) is 0 Å². The molecule has 0 spiro atoms. The Labute approximate surface area is 190 Å². The molecule has 2 rings (SSSR count). The number of nitrogens with one attached hydrogen (secondary N) is 3. The summed E-state index contributed by atoms with van der Waals surface area (Å²) in [5, 5.41) is 16.9. The number of benzene rings is 1. The van der Waals surface area contributed by atoms with Crippen LogP contribution in [0.5, 0.6) is 0 Å². The number of carbonyl (C=O) groups excluding carboxylic acids is 2. The van der Waals surface area contributed by atoms with Crippen LogP contribution < -0.4 is 15.4 Å². The summed E-state index contributed by atoms with van der Waals surface area (Å²) in [6.45, 7) is 2.68. The Kier molecular flexibility index (Phi) is 9.36. The lowest BCUT2D eigenvalue weighted by Gasteiger charge is -2.14. The fraction of sp³-hybridized carbons (Fsp3) is 0.400. The van der Waals surface area contributed by atoms with Crippen molar-refractivity contribution in [3.8, 4) is 0 Å². The van der Waals surface area contributed by atoms with E-state index < -0.39 is 50.6 Å². The van der Waals surface area contributed by atoms with E-state index in [9.17, 15) is 28.1 Å². The first-order valence-electron chi connectivity index (χ1n) is 10.2. The quantitative estimate of drug-likeness (QED) is 0.219. The molecule has 13 heteroatoms. The summed E-state index contributed by atoms with van der Waals surface area (Å²) in [6.07, 6.45) is 2.90. The van der Waals surface area contributed by atoms with Crippen LogP contribution in [0.1, 0.15) is 32.4 Å². The number of sulfonamides is 1. The van der Waals surface area contributed by atoms with Gasteiger partial charge in [0.2, 0.25) is 10.0 Å². The first-order chi connectivity index (χ1) is 15.7. The number of amides is 1. The maximum Gasteiger partial charge on any atom is 0.321 e. The van der Waals surface area contributed by atoms with Crippen molar-refractivity contribution in [2.45, 2.75) is 44.2 Å².